The molecule has 35 heavy (non-hydrogen) atoms. The Bertz CT molecular complexity index is 1470. The Morgan fingerprint density at radius 3 is 2.37 bits per heavy atom. The van der Waals surface area contributed by atoms with E-state index in [-0.39, 0.29) is 11.3 Å². The maximum Gasteiger partial charge on any atom is 0.420 e. The summed E-state index contributed by atoms with van der Waals surface area (Å²) in [5.41, 5.74) is 5.01. The van der Waals surface area contributed by atoms with E-state index in [1.54, 1.807) is 30.5 Å². The van der Waals surface area contributed by atoms with Crippen LogP contribution in [0.4, 0.5) is 0 Å². The van der Waals surface area contributed by atoms with Gasteiger partial charge in [0.1, 0.15) is 17.0 Å². The van der Waals surface area contributed by atoms with Crippen LogP contribution in [0.25, 0.3) is 22.0 Å². The fraction of sp³-hybridized carbons (Fsp3) is 0.333. The van der Waals surface area contributed by atoms with E-state index >= 15 is 0 Å². The quantitative estimate of drug-likeness (QED) is 0.300. The summed E-state index contributed by atoms with van der Waals surface area (Å²) in [5, 5.41) is 27.0. The molecule has 4 aromatic rings. The second-order valence-electron chi connectivity index (χ2n) is 8.83. The van der Waals surface area contributed by atoms with Gasteiger partial charge in [-0.2, -0.15) is 0 Å². The van der Waals surface area contributed by atoms with Crippen molar-refractivity contribution in [1.82, 2.24) is 9.55 Å². The number of aliphatic hydroxyl groups excluding tert-OH is 1. The third kappa shape index (κ3) is 4.49. The number of oxazole rings is 1. The fourth-order valence-electron chi connectivity index (χ4n) is 4.66. The minimum absolute atomic E-state index is 0.241. The van der Waals surface area contributed by atoms with Crippen LogP contribution in [-0.2, 0) is 19.6 Å². The number of hydrogen-bond acceptors (Lipinski definition) is 7. The summed E-state index contributed by atoms with van der Waals surface area (Å²) in [5.74, 6) is -0.601. The van der Waals surface area contributed by atoms with Crippen LogP contribution in [0.1, 0.15) is 55.5 Å². The first-order chi connectivity index (χ1) is 16.8. The molecule has 0 bridgehead atoms. The van der Waals surface area contributed by atoms with Crippen LogP contribution in [0.15, 0.2) is 45.6 Å². The molecule has 0 amide bonds. The highest BCUT2D eigenvalue weighted by Gasteiger charge is 2.25. The summed E-state index contributed by atoms with van der Waals surface area (Å²) in [7, 11) is 1.54. The summed E-state index contributed by atoms with van der Waals surface area (Å²) in [6.07, 6.45) is 2.06. The molecule has 0 spiro atoms. The molecule has 8 heteroatoms. The maximum absolute atomic E-state index is 12.9. The largest absolute Gasteiger partial charge is 0.496 e. The van der Waals surface area contributed by atoms with Gasteiger partial charge in [0, 0.05) is 22.4 Å². The molecule has 4 rings (SSSR count). The van der Waals surface area contributed by atoms with Gasteiger partial charge < -0.3 is 25.1 Å². The van der Waals surface area contributed by atoms with Crippen molar-refractivity contribution >= 4 is 33.4 Å². The first kappa shape index (κ1) is 24.3. The predicted molar refractivity (Wildman–Crippen MR) is 137 cm³/mol. The molecule has 0 radical (unpaired) electrons. The number of nitrogens with zero attached hydrogens (tertiary/aromatic N) is 2. The van der Waals surface area contributed by atoms with Crippen molar-refractivity contribution in [3.05, 3.63) is 69.3 Å². The van der Waals surface area contributed by atoms with Crippen LogP contribution < -0.4 is 10.5 Å². The Morgan fingerprint density at radius 1 is 1.14 bits per heavy atom. The minimum Gasteiger partial charge on any atom is -0.496 e. The number of hydrogen-bond donors (Lipinski definition) is 3. The second kappa shape index (κ2) is 9.84. The van der Waals surface area contributed by atoms with E-state index in [2.05, 4.69) is 24.0 Å². The lowest BCUT2D eigenvalue weighted by atomic mass is 9.89. The van der Waals surface area contributed by atoms with E-state index < -0.39 is 18.3 Å². The molecule has 2 heterocycles. The van der Waals surface area contributed by atoms with Gasteiger partial charge in [-0.3, -0.25) is 4.57 Å². The van der Waals surface area contributed by atoms with E-state index in [0.717, 1.165) is 18.4 Å². The lowest BCUT2D eigenvalue weighted by Crippen LogP contribution is -2.17. The van der Waals surface area contributed by atoms with Crippen molar-refractivity contribution in [2.24, 2.45) is 0 Å². The summed E-state index contributed by atoms with van der Waals surface area (Å²) >= 11 is 0. The average molecular weight is 475 g/mol. The maximum atomic E-state index is 12.9. The topological polar surface area (TPSA) is 125 Å². The monoisotopic (exact) mass is 474 g/mol. The Hall–Kier alpha value is -3.78. The lowest BCUT2D eigenvalue weighted by Gasteiger charge is -2.19. The van der Waals surface area contributed by atoms with E-state index in [9.17, 15) is 9.90 Å². The van der Waals surface area contributed by atoms with Crippen LogP contribution in [0, 0.1) is 10.8 Å². The molecule has 182 valence electrons. The molecule has 3 N–H and O–H groups in total. The number of aliphatic hydroxyl groups is 1. The number of aromatic nitrogens is 2. The molecule has 0 saturated heterocycles. The molecular weight excluding hydrogens is 444 g/mol. The molecule has 0 fully saturated rings. The van der Waals surface area contributed by atoms with Crippen molar-refractivity contribution in [3.8, 4) is 5.75 Å². The van der Waals surface area contributed by atoms with E-state index in [4.69, 9.17) is 20.0 Å². The Morgan fingerprint density at radius 2 is 1.80 bits per heavy atom. The van der Waals surface area contributed by atoms with Gasteiger partial charge in [0.2, 0.25) is 0 Å². The van der Waals surface area contributed by atoms with Crippen molar-refractivity contribution < 1.29 is 14.3 Å². The molecule has 0 unspecified atom stereocenters. The van der Waals surface area contributed by atoms with Crippen LogP contribution in [0.2, 0.25) is 0 Å². The summed E-state index contributed by atoms with van der Waals surface area (Å²) in [6.45, 7) is 5.35. The minimum atomic E-state index is -0.558. The Kier molecular flexibility index (Phi) is 6.84. The normalized spacial score (nSPS) is 12.3. The highest BCUT2D eigenvalue weighted by Crippen LogP contribution is 2.36. The van der Waals surface area contributed by atoms with Crippen LogP contribution in [0.5, 0.6) is 5.75 Å². The van der Waals surface area contributed by atoms with E-state index in [1.165, 1.54) is 12.7 Å². The number of rotatable bonds is 9. The number of fused-ring (bicyclic) bond motifs is 3. The second-order valence-corrected chi connectivity index (χ2v) is 8.83. The van der Waals surface area contributed by atoms with Gasteiger partial charge in [-0.1, -0.05) is 37.6 Å². The molecule has 8 nitrogen and oxygen atoms in total. The van der Waals surface area contributed by atoms with Gasteiger partial charge in [-0.25, -0.2) is 9.78 Å². The SMILES string of the molecule is CCCc1ccc(Cn2c(=O)oc3c(CO)nc4cc(C(C(C)=N)C(C)=N)c(OC)cc4c32)cc1. The highest BCUT2D eigenvalue weighted by atomic mass is 16.5. The molecule has 0 saturated carbocycles. The van der Waals surface area contributed by atoms with E-state index in [0.29, 0.717) is 45.7 Å². The summed E-state index contributed by atoms with van der Waals surface area (Å²) < 4.78 is 12.8. The highest BCUT2D eigenvalue weighted by molar-refractivity contribution is 6.10. The van der Waals surface area contributed by atoms with Crippen molar-refractivity contribution in [2.45, 2.75) is 52.7 Å². The number of nitrogens with one attached hydrogen (secondary N) is 2. The molecule has 2 aromatic carbocycles. The molecular formula is C27H30N4O4. The van der Waals surface area contributed by atoms with Gasteiger partial charge >= 0.3 is 5.76 Å². The first-order valence-corrected chi connectivity index (χ1v) is 11.6. The zero-order valence-electron chi connectivity index (χ0n) is 20.4. The van der Waals surface area contributed by atoms with Crippen LogP contribution >= 0.6 is 0 Å². The number of benzene rings is 2. The van der Waals surface area contributed by atoms with Crippen LogP contribution in [0.3, 0.4) is 0 Å². The molecule has 0 aliphatic heterocycles. The summed E-state index contributed by atoms with van der Waals surface area (Å²) in [4.78, 5) is 17.5. The predicted octanol–water partition coefficient (Wildman–Crippen LogP) is 4.81. The van der Waals surface area contributed by atoms with Gasteiger partial charge in [-0.15, -0.1) is 0 Å². The Balaban J connectivity index is 1.97. The molecule has 0 aliphatic carbocycles. The van der Waals surface area contributed by atoms with Crippen molar-refractivity contribution in [3.63, 3.8) is 0 Å². The third-order valence-electron chi connectivity index (χ3n) is 6.24. The van der Waals surface area contributed by atoms with E-state index in [1.807, 2.05) is 12.1 Å². The first-order valence-electron chi connectivity index (χ1n) is 11.6. The smallest absolute Gasteiger partial charge is 0.420 e. The zero-order valence-corrected chi connectivity index (χ0v) is 20.4. The van der Waals surface area contributed by atoms with Crippen LogP contribution in [-0.4, -0.2) is 33.2 Å². The third-order valence-corrected chi connectivity index (χ3v) is 6.24. The number of ether oxygens (including phenoxy) is 1. The summed E-state index contributed by atoms with van der Waals surface area (Å²) in [6, 6.07) is 11.7. The van der Waals surface area contributed by atoms with Gasteiger partial charge in [-0.05, 0) is 43.5 Å². The molecule has 2 aromatic heterocycles. The number of aryl methyl sites for hydroxylation is 1. The fourth-order valence-corrected chi connectivity index (χ4v) is 4.66. The number of pyridine rings is 1. The Labute approximate surface area is 203 Å². The number of methoxy groups -OCH3 is 1. The zero-order chi connectivity index (χ0) is 25.3. The van der Waals surface area contributed by atoms with Gasteiger partial charge in [0.15, 0.2) is 5.58 Å². The molecule has 0 aliphatic rings. The average Bonchev–Trinajstić information content (AvgIpc) is 3.15. The van der Waals surface area contributed by atoms with Gasteiger partial charge in [0.25, 0.3) is 0 Å². The van der Waals surface area contributed by atoms with Gasteiger partial charge in [0.05, 0.1) is 31.7 Å². The standard InChI is InChI=1S/C27H30N4O4/c1-5-6-17-7-9-18(10-8-17)13-31-25-19-12-23(34-4)20(24(15(2)28)16(3)29)11-21(19)30-22(14-32)26(25)35-27(31)33/h7-12,24,28-29,32H,5-6,13-14H2,1-4H3. The lowest BCUT2D eigenvalue weighted by molar-refractivity contribution is 0.277. The molecule has 0 atom stereocenters. The van der Waals surface area contributed by atoms with Crippen molar-refractivity contribution in [2.75, 3.05) is 7.11 Å². The van der Waals surface area contributed by atoms with Crippen molar-refractivity contribution in [1.29, 1.82) is 10.8 Å².